The van der Waals surface area contributed by atoms with Gasteiger partial charge < -0.3 is 10.1 Å². The van der Waals surface area contributed by atoms with Crippen LogP contribution in [0.5, 0.6) is 5.75 Å². The Morgan fingerprint density at radius 3 is 2.42 bits per heavy atom. The molecule has 0 aliphatic carbocycles. The molecule has 140 valence electrons. The minimum Gasteiger partial charge on any atom is -0.492 e. The number of carbonyl (C=O) groups excluding carboxylic acids is 1. The molecule has 0 saturated heterocycles. The fourth-order valence-corrected chi connectivity index (χ4v) is 3.42. The van der Waals surface area contributed by atoms with Crippen molar-refractivity contribution in [1.29, 1.82) is 0 Å². The first-order valence-corrected chi connectivity index (χ1v) is 10.3. The minimum atomic E-state index is -3.58. The van der Waals surface area contributed by atoms with Crippen LogP contribution in [0.15, 0.2) is 48.5 Å². The molecule has 0 unspecified atom stereocenters. The van der Waals surface area contributed by atoms with E-state index in [1.807, 2.05) is 6.92 Å². The summed E-state index contributed by atoms with van der Waals surface area (Å²) in [7, 11) is -3.58. The average Bonchev–Trinajstić information content (AvgIpc) is 2.57. The number of sulfonamides is 1. The number of carbonyl (C=O) groups is 1. The van der Waals surface area contributed by atoms with Gasteiger partial charge in [0.2, 0.25) is 15.9 Å². The van der Waals surface area contributed by atoms with Gasteiger partial charge in [-0.2, -0.15) is 0 Å². The van der Waals surface area contributed by atoms with Crippen LogP contribution in [-0.4, -0.2) is 33.7 Å². The second-order valence-corrected chi connectivity index (χ2v) is 7.88. The van der Waals surface area contributed by atoms with Crippen molar-refractivity contribution in [2.75, 3.05) is 29.0 Å². The van der Waals surface area contributed by atoms with E-state index < -0.39 is 10.0 Å². The van der Waals surface area contributed by atoms with Gasteiger partial charge in [-0.3, -0.25) is 9.10 Å². The van der Waals surface area contributed by atoms with E-state index in [0.717, 1.165) is 6.26 Å². The molecule has 1 amide bonds. The van der Waals surface area contributed by atoms with E-state index in [1.165, 1.54) is 4.31 Å². The lowest BCUT2D eigenvalue weighted by atomic mass is 10.2. The molecule has 0 spiro atoms. The molecule has 0 fully saturated rings. The van der Waals surface area contributed by atoms with Gasteiger partial charge in [0, 0.05) is 23.7 Å². The van der Waals surface area contributed by atoms with Crippen molar-refractivity contribution in [2.45, 2.75) is 13.3 Å². The molecular formula is C18H21ClN2O4S. The Kier molecular flexibility index (Phi) is 6.88. The Labute approximate surface area is 158 Å². The summed E-state index contributed by atoms with van der Waals surface area (Å²) >= 11 is 5.81. The number of nitrogens with zero attached hydrogens (tertiary/aromatic N) is 1. The summed E-state index contributed by atoms with van der Waals surface area (Å²) in [5.74, 6) is 0.161. The molecule has 0 aliphatic heterocycles. The van der Waals surface area contributed by atoms with Gasteiger partial charge in [-0.15, -0.1) is 0 Å². The predicted molar refractivity (Wildman–Crippen MR) is 104 cm³/mol. The molecule has 2 rings (SSSR count). The summed E-state index contributed by atoms with van der Waals surface area (Å²) in [6.07, 6.45) is 1.10. The number of hydrogen-bond acceptors (Lipinski definition) is 4. The number of ether oxygens (including phenoxy) is 1. The van der Waals surface area contributed by atoms with Gasteiger partial charge in [0.1, 0.15) is 5.75 Å². The molecule has 0 bridgehead atoms. The van der Waals surface area contributed by atoms with Crippen LogP contribution in [0.4, 0.5) is 11.4 Å². The second-order valence-electron chi connectivity index (χ2n) is 5.54. The summed E-state index contributed by atoms with van der Waals surface area (Å²) in [4.78, 5) is 12.2. The number of halogens is 1. The zero-order chi connectivity index (χ0) is 19.2. The molecule has 2 aromatic rings. The van der Waals surface area contributed by atoms with Gasteiger partial charge in [0.05, 0.1) is 18.6 Å². The van der Waals surface area contributed by atoms with Crippen molar-refractivity contribution < 1.29 is 17.9 Å². The van der Waals surface area contributed by atoms with Gasteiger partial charge in [-0.05, 0) is 43.3 Å². The SMILES string of the molecule is CCOc1ccccc1N(CCC(=O)Nc1ccc(Cl)cc1)S(C)(=O)=O. The molecule has 0 saturated carbocycles. The number of rotatable bonds is 8. The fraction of sp³-hybridized carbons (Fsp3) is 0.278. The Morgan fingerprint density at radius 2 is 1.81 bits per heavy atom. The third kappa shape index (κ3) is 5.64. The number of anilines is 2. The molecule has 6 nitrogen and oxygen atoms in total. The second kappa shape index (κ2) is 8.91. The molecule has 2 aromatic carbocycles. The lowest BCUT2D eigenvalue weighted by Crippen LogP contribution is -2.33. The van der Waals surface area contributed by atoms with Crippen LogP contribution in [0.3, 0.4) is 0 Å². The smallest absolute Gasteiger partial charge is 0.232 e. The quantitative estimate of drug-likeness (QED) is 0.740. The molecular weight excluding hydrogens is 376 g/mol. The number of para-hydroxylation sites is 2. The van der Waals surface area contributed by atoms with Crippen LogP contribution in [0, 0.1) is 0 Å². The highest BCUT2D eigenvalue weighted by molar-refractivity contribution is 7.92. The average molecular weight is 397 g/mol. The van der Waals surface area contributed by atoms with E-state index >= 15 is 0 Å². The molecule has 0 heterocycles. The third-order valence-electron chi connectivity index (χ3n) is 3.50. The zero-order valence-electron chi connectivity index (χ0n) is 14.6. The maximum absolute atomic E-state index is 12.2. The van der Waals surface area contributed by atoms with E-state index in [1.54, 1.807) is 48.5 Å². The minimum absolute atomic E-state index is 0.00233. The molecule has 8 heteroatoms. The summed E-state index contributed by atoms with van der Waals surface area (Å²) in [5.41, 5.74) is 1.01. The Hall–Kier alpha value is -2.25. The lowest BCUT2D eigenvalue weighted by molar-refractivity contribution is -0.116. The lowest BCUT2D eigenvalue weighted by Gasteiger charge is -2.24. The standard InChI is InChI=1S/C18H21ClN2O4S/c1-3-25-17-7-5-4-6-16(17)21(26(2,23)24)13-12-18(22)20-15-10-8-14(19)9-11-15/h4-11H,3,12-13H2,1-2H3,(H,20,22). The maximum Gasteiger partial charge on any atom is 0.232 e. The summed E-state index contributed by atoms with van der Waals surface area (Å²) < 4.78 is 31.1. The van der Waals surface area contributed by atoms with Crippen LogP contribution in [0.25, 0.3) is 0 Å². The summed E-state index contributed by atoms with van der Waals surface area (Å²) in [5, 5.41) is 3.29. The van der Waals surface area contributed by atoms with Crippen molar-refractivity contribution in [3.63, 3.8) is 0 Å². The summed E-state index contributed by atoms with van der Waals surface area (Å²) in [6, 6.07) is 13.5. The van der Waals surface area contributed by atoms with Crippen molar-refractivity contribution in [2.24, 2.45) is 0 Å². The summed E-state index contributed by atoms with van der Waals surface area (Å²) in [6.45, 7) is 2.23. The molecule has 26 heavy (non-hydrogen) atoms. The monoisotopic (exact) mass is 396 g/mol. The first-order valence-electron chi connectivity index (χ1n) is 8.06. The molecule has 1 N–H and O–H groups in total. The number of benzene rings is 2. The van der Waals surface area contributed by atoms with Crippen LogP contribution in [0.1, 0.15) is 13.3 Å². The highest BCUT2D eigenvalue weighted by atomic mass is 35.5. The van der Waals surface area contributed by atoms with Gasteiger partial charge >= 0.3 is 0 Å². The van der Waals surface area contributed by atoms with Crippen LogP contribution in [0.2, 0.25) is 5.02 Å². The van der Waals surface area contributed by atoms with E-state index in [-0.39, 0.29) is 18.9 Å². The van der Waals surface area contributed by atoms with Crippen LogP contribution < -0.4 is 14.4 Å². The van der Waals surface area contributed by atoms with E-state index in [9.17, 15) is 13.2 Å². The van der Waals surface area contributed by atoms with Crippen molar-refractivity contribution >= 4 is 38.9 Å². The number of amides is 1. The fourth-order valence-electron chi connectivity index (χ4n) is 2.37. The molecule has 0 aromatic heterocycles. The van der Waals surface area contributed by atoms with Crippen LogP contribution >= 0.6 is 11.6 Å². The molecule has 0 aliphatic rings. The Balaban J connectivity index is 2.12. The molecule has 0 atom stereocenters. The van der Waals surface area contributed by atoms with E-state index in [4.69, 9.17) is 16.3 Å². The number of nitrogens with one attached hydrogen (secondary N) is 1. The normalized spacial score (nSPS) is 11.0. The van der Waals surface area contributed by atoms with Crippen molar-refractivity contribution in [1.82, 2.24) is 0 Å². The highest BCUT2D eigenvalue weighted by Gasteiger charge is 2.21. The predicted octanol–water partition coefficient (Wildman–Crippen LogP) is 3.53. The van der Waals surface area contributed by atoms with Crippen molar-refractivity contribution in [3.05, 3.63) is 53.6 Å². The van der Waals surface area contributed by atoms with Gasteiger partial charge in [0.25, 0.3) is 0 Å². The highest BCUT2D eigenvalue weighted by Crippen LogP contribution is 2.30. The van der Waals surface area contributed by atoms with Gasteiger partial charge in [-0.25, -0.2) is 8.42 Å². The van der Waals surface area contributed by atoms with Gasteiger partial charge in [0.15, 0.2) is 0 Å². The van der Waals surface area contributed by atoms with Crippen molar-refractivity contribution in [3.8, 4) is 5.75 Å². The first kappa shape index (κ1) is 20.1. The van der Waals surface area contributed by atoms with Gasteiger partial charge in [-0.1, -0.05) is 23.7 Å². The first-order chi connectivity index (χ1) is 12.3. The third-order valence-corrected chi connectivity index (χ3v) is 4.94. The number of hydrogen-bond donors (Lipinski definition) is 1. The Morgan fingerprint density at radius 1 is 1.15 bits per heavy atom. The molecule has 0 radical (unpaired) electrons. The van der Waals surface area contributed by atoms with Crippen LogP contribution in [-0.2, 0) is 14.8 Å². The van der Waals surface area contributed by atoms with E-state index in [0.29, 0.717) is 28.8 Å². The Bertz CT molecular complexity index is 854. The zero-order valence-corrected chi connectivity index (χ0v) is 16.2. The maximum atomic E-state index is 12.2. The topological polar surface area (TPSA) is 75.7 Å². The van der Waals surface area contributed by atoms with E-state index in [2.05, 4.69) is 5.32 Å². The largest absolute Gasteiger partial charge is 0.492 e.